The first-order chi connectivity index (χ1) is 9.00. The summed E-state index contributed by atoms with van der Waals surface area (Å²) in [4.78, 5) is 24.4. The zero-order valence-corrected chi connectivity index (χ0v) is 10.7. The third kappa shape index (κ3) is 2.75. The van der Waals surface area contributed by atoms with Gasteiger partial charge >= 0.3 is 5.97 Å². The van der Waals surface area contributed by atoms with Gasteiger partial charge in [0, 0.05) is 13.0 Å². The summed E-state index contributed by atoms with van der Waals surface area (Å²) >= 11 is 0. The van der Waals surface area contributed by atoms with Gasteiger partial charge in [0.05, 0.1) is 11.6 Å². The summed E-state index contributed by atoms with van der Waals surface area (Å²) in [5, 5.41) is 8.93. The molecule has 5 heteroatoms. The Balaban J connectivity index is 2.09. The van der Waals surface area contributed by atoms with Gasteiger partial charge in [-0.25, -0.2) is 4.39 Å². The third-order valence-electron chi connectivity index (χ3n) is 3.68. The predicted octanol–water partition coefficient (Wildman–Crippen LogP) is 2.29. The Kier molecular flexibility index (Phi) is 3.83. The Bertz CT molecular complexity index is 503. The standard InChI is InChI=1S/C14H16FNO3/c1-16(12-5-3-2-4-11(12)15)13(17)9-6-7-10(8-9)14(18)19/h2-5,9-10H,6-8H2,1H3,(H,18,19)/t9-,10+/m1/s1. The summed E-state index contributed by atoms with van der Waals surface area (Å²) in [6, 6.07) is 6.06. The Hall–Kier alpha value is -1.91. The molecule has 1 fully saturated rings. The van der Waals surface area contributed by atoms with Crippen molar-refractivity contribution in [2.75, 3.05) is 11.9 Å². The minimum Gasteiger partial charge on any atom is -0.481 e. The molecular weight excluding hydrogens is 249 g/mol. The molecule has 0 heterocycles. The molecule has 1 aliphatic carbocycles. The first-order valence-corrected chi connectivity index (χ1v) is 6.25. The number of amides is 1. The van der Waals surface area contributed by atoms with Crippen LogP contribution < -0.4 is 4.90 Å². The maximum atomic E-state index is 13.6. The van der Waals surface area contributed by atoms with Crippen molar-refractivity contribution in [3.63, 3.8) is 0 Å². The summed E-state index contributed by atoms with van der Waals surface area (Å²) in [7, 11) is 1.52. The van der Waals surface area contributed by atoms with E-state index in [4.69, 9.17) is 5.11 Å². The number of benzene rings is 1. The van der Waals surface area contributed by atoms with E-state index in [9.17, 15) is 14.0 Å². The highest BCUT2D eigenvalue weighted by Gasteiger charge is 2.35. The van der Waals surface area contributed by atoms with E-state index < -0.39 is 17.7 Å². The molecule has 1 saturated carbocycles. The molecule has 19 heavy (non-hydrogen) atoms. The van der Waals surface area contributed by atoms with E-state index in [-0.39, 0.29) is 17.5 Å². The zero-order valence-electron chi connectivity index (χ0n) is 10.7. The van der Waals surface area contributed by atoms with E-state index in [0.29, 0.717) is 19.3 Å². The molecule has 2 atom stereocenters. The molecule has 1 aliphatic rings. The van der Waals surface area contributed by atoms with Gasteiger partial charge in [0.15, 0.2) is 0 Å². The predicted molar refractivity (Wildman–Crippen MR) is 68.3 cm³/mol. The van der Waals surface area contributed by atoms with E-state index in [1.165, 1.54) is 24.1 Å². The van der Waals surface area contributed by atoms with Crippen LogP contribution in [0.5, 0.6) is 0 Å². The summed E-state index contributed by atoms with van der Waals surface area (Å²) in [6.45, 7) is 0. The Morgan fingerprint density at radius 2 is 1.89 bits per heavy atom. The topological polar surface area (TPSA) is 57.6 Å². The lowest BCUT2D eigenvalue weighted by molar-refractivity contribution is -0.141. The fourth-order valence-electron chi connectivity index (χ4n) is 2.55. The molecule has 0 aromatic heterocycles. The highest BCUT2D eigenvalue weighted by atomic mass is 19.1. The molecule has 0 spiro atoms. The van der Waals surface area contributed by atoms with Crippen molar-refractivity contribution in [3.8, 4) is 0 Å². The van der Waals surface area contributed by atoms with Crippen LogP contribution in [0.4, 0.5) is 10.1 Å². The van der Waals surface area contributed by atoms with Crippen molar-refractivity contribution in [1.29, 1.82) is 0 Å². The third-order valence-corrected chi connectivity index (χ3v) is 3.68. The molecule has 0 saturated heterocycles. The maximum Gasteiger partial charge on any atom is 0.306 e. The van der Waals surface area contributed by atoms with Crippen LogP contribution in [-0.2, 0) is 9.59 Å². The number of carbonyl (C=O) groups is 2. The quantitative estimate of drug-likeness (QED) is 0.912. The van der Waals surface area contributed by atoms with Gasteiger partial charge in [0.25, 0.3) is 0 Å². The molecule has 0 radical (unpaired) electrons. The summed E-state index contributed by atoms with van der Waals surface area (Å²) < 4.78 is 13.6. The molecular formula is C14H16FNO3. The number of para-hydroxylation sites is 1. The number of nitrogens with zero attached hydrogens (tertiary/aromatic N) is 1. The monoisotopic (exact) mass is 265 g/mol. The van der Waals surface area contributed by atoms with E-state index in [1.54, 1.807) is 12.1 Å². The number of carbonyl (C=O) groups excluding carboxylic acids is 1. The van der Waals surface area contributed by atoms with Gasteiger partial charge in [-0.2, -0.15) is 0 Å². The summed E-state index contributed by atoms with van der Waals surface area (Å²) in [5.41, 5.74) is 0.228. The average Bonchev–Trinajstić information content (AvgIpc) is 2.87. The number of hydrogen-bond donors (Lipinski definition) is 1. The second kappa shape index (κ2) is 5.38. The van der Waals surface area contributed by atoms with Crippen molar-refractivity contribution in [3.05, 3.63) is 30.1 Å². The van der Waals surface area contributed by atoms with Crippen LogP contribution in [0.3, 0.4) is 0 Å². The molecule has 1 aromatic rings. The Morgan fingerprint density at radius 1 is 1.26 bits per heavy atom. The minimum absolute atomic E-state index is 0.214. The highest BCUT2D eigenvalue weighted by Crippen LogP contribution is 2.33. The van der Waals surface area contributed by atoms with Crippen molar-refractivity contribution >= 4 is 17.6 Å². The Morgan fingerprint density at radius 3 is 2.47 bits per heavy atom. The van der Waals surface area contributed by atoms with E-state index in [2.05, 4.69) is 0 Å². The molecule has 2 rings (SSSR count). The number of hydrogen-bond acceptors (Lipinski definition) is 2. The van der Waals surface area contributed by atoms with Crippen LogP contribution >= 0.6 is 0 Å². The molecule has 0 unspecified atom stereocenters. The van der Waals surface area contributed by atoms with Crippen molar-refractivity contribution in [2.45, 2.75) is 19.3 Å². The van der Waals surface area contributed by atoms with Gasteiger partial charge < -0.3 is 10.0 Å². The van der Waals surface area contributed by atoms with Crippen LogP contribution in [0.15, 0.2) is 24.3 Å². The summed E-state index contributed by atoms with van der Waals surface area (Å²) in [5.74, 6) is -2.31. The van der Waals surface area contributed by atoms with Gasteiger partial charge in [-0.3, -0.25) is 9.59 Å². The van der Waals surface area contributed by atoms with Gasteiger partial charge in [-0.15, -0.1) is 0 Å². The van der Waals surface area contributed by atoms with Gasteiger partial charge in [-0.05, 0) is 31.4 Å². The summed E-state index contributed by atoms with van der Waals surface area (Å²) in [6.07, 6.45) is 1.40. The lowest BCUT2D eigenvalue weighted by Crippen LogP contribution is -2.32. The van der Waals surface area contributed by atoms with Crippen LogP contribution in [-0.4, -0.2) is 24.0 Å². The second-order valence-corrected chi connectivity index (χ2v) is 4.89. The zero-order chi connectivity index (χ0) is 14.0. The average molecular weight is 265 g/mol. The fraction of sp³-hybridized carbons (Fsp3) is 0.429. The lowest BCUT2D eigenvalue weighted by Gasteiger charge is -2.21. The molecule has 102 valence electrons. The number of halogens is 1. The van der Waals surface area contributed by atoms with Crippen LogP contribution in [0.2, 0.25) is 0 Å². The van der Waals surface area contributed by atoms with Gasteiger partial charge in [0.1, 0.15) is 5.82 Å². The van der Waals surface area contributed by atoms with Gasteiger partial charge in [0.2, 0.25) is 5.91 Å². The van der Waals surface area contributed by atoms with Crippen molar-refractivity contribution in [2.24, 2.45) is 11.8 Å². The van der Waals surface area contributed by atoms with E-state index >= 15 is 0 Å². The van der Waals surface area contributed by atoms with Crippen molar-refractivity contribution in [1.82, 2.24) is 0 Å². The molecule has 4 nitrogen and oxygen atoms in total. The van der Waals surface area contributed by atoms with Gasteiger partial charge in [-0.1, -0.05) is 12.1 Å². The lowest BCUT2D eigenvalue weighted by atomic mass is 10.0. The molecule has 1 aromatic carbocycles. The number of rotatable bonds is 3. The fourth-order valence-corrected chi connectivity index (χ4v) is 2.55. The van der Waals surface area contributed by atoms with Crippen LogP contribution in [0.1, 0.15) is 19.3 Å². The first kappa shape index (κ1) is 13.5. The molecule has 0 bridgehead atoms. The van der Waals surface area contributed by atoms with Crippen LogP contribution in [0, 0.1) is 17.7 Å². The minimum atomic E-state index is -0.858. The SMILES string of the molecule is CN(C(=O)[C@@H]1CC[C@H](C(=O)O)C1)c1ccccc1F. The largest absolute Gasteiger partial charge is 0.481 e. The maximum absolute atomic E-state index is 13.6. The molecule has 1 N–H and O–H groups in total. The number of anilines is 1. The van der Waals surface area contributed by atoms with E-state index in [1.807, 2.05) is 0 Å². The first-order valence-electron chi connectivity index (χ1n) is 6.25. The molecule has 1 amide bonds. The number of carboxylic acids is 1. The highest BCUT2D eigenvalue weighted by molar-refractivity contribution is 5.95. The van der Waals surface area contributed by atoms with Crippen LogP contribution in [0.25, 0.3) is 0 Å². The normalized spacial score (nSPS) is 22.2. The number of carboxylic acid groups (broad SMARTS) is 1. The Labute approximate surface area is 110 Å². The van der Waals surface area contributed by atoms with E-state index in [0.717, 1.165) is 0 Å². The molecule has 0 aliphatic heterocycles. The van der Waals surface area contributed by atoms with Crippen molar-refractivity contribution < 1.29 is 19.1 Å². The second-order valence-electron chi connectivity index (χ2n) is 4.89. The smallest absolute Gasteiger partial charge is 0.306 e. The number of aliphatic carboxylic acids is 1.